The first-order valence-electron chi connectivity index (χ1n) is 9.71. The van der Waals surface area contributed by atoms with Crippen molar-refractivity contribution in [2.45, 2.75) is 58.0 Å². The highest BCUT2D eigenvalue weighted by Crippen LogP contribution is 2.29. The van der Waals surface area contributed by atoms with Crippen LogP contribution in [0.2, 0.25) is 0 Å². The standard InChI is InChI=1S/C21H28N2O2/c1-16-18-8-2-3-9-19(18)25-20(16)15-23-12-5-4-7-17(23)11-14-22-13-6-10-21(22)24/h2-3,8-9,17H,4-7,10-15H2,1H3/t17-/m1/s1. The Bertz CT molecular complexity index is 751. The van der Waals surface area contributed by atoms with Crippen molar-refractivity contribution < 1.29 is 9.21 Å². The number of likely N-dealkylation sites (tertiary alicyclic amines) is 2. The van der Waals surface area contributed by atoms with E-state index in [0.29, 0.717) is 11.9 Å². The van der Waals surface area contributed by atoms with Gasteiger partial charge in [0.15, 0.2) is 0 Å². The van der Waals surface area contributed by atoms with Crippen molar-refractivity contribution in [3.63, 3.8) is 0 Å². The van der Waals surface area contributed by atoms with Crippen LogP contribution in [0.15, 0.2) is 28.7 Å². The molecule has 4 rings (SSSR count). The van der Waals surface area contributed by atoms with E-state index in [2.05, 4.69) is 34.9 Å². The van der Waals surface area contributed by atoms with E-state index in [-0.39, 0.29) is 0 Å². The molecule has 2 aromatic rings. The van der Waals surface area contributed by atoms with Crippen molar-refractivity contribution in [1.82, 2.24) is 9.80 Å². The van der Waals surface area contributed by atoms with E-state index in [9.17, 15) is 4.79 Å². The van der Waals surface area contributed by atoms with E-state index < -0.39 is 0 Å². The Morgan fingerprint density at radius 1 is 1.16 bits per heavy atom. The monoisotopic (exact) mass is 340 g/mol. The van der Waals surface area contributed by atoms with E-state index in [1.807, 2.05) is 6.07 Å². The number of carbonyl (C=O) groups excluding carboxylic acids is 1. The van der Waals surface area contributed by atoms with Crippen molar-refractivity contribution in [2.75, 3.05) is 19.6 Å². The van der Waals surface area contributed by atoms with Gasteiger partial charge in [0.1, 0.15) is 11.3 Å². The molecule has 25 heavy (non-hydrogen) atoms. The predicted molar refractivity (Wildman–Crippen MR) is 99.4 cm³/mol. The fraction of sp³-hybridized carbons (Fsp3) is 0.571. The first-order valence-corrected chi connectivity index (χ1v) is 9.71. The molecule has 4 nitrogen and oxygen atoms in total. The third-order valence-corrected chi connectivity index (χ3v) is 5.94. The van der Waals surface area contributed by atoms with Crippen LogP contribution in [0.1, 0.15) is 49.8 Å². The molecule has 2 fully saturated rings. The van der Waals surface area contributed by atoms with Crippen molar-refractivity contribution in [3.8, 4) is 0 Å². The van der Waals surface area contributed by atoms with Gasteiger partial charge >= 0.3 is 0 Å². The maximum atomic E-state index is 11.9. The summed E-state index contributed by atoms with van der Waals surface area (Å²) in [6.07, 6.45) is 6.66. The van der Waals surface area contributed by atoms with E-state index in [0.717, 1.165) is 56.8 Å². The van der Waals surface area contributed by atoms with Crippen LogP contribution in [-0.4, -0.2) is 41.4 Å². The third kappa shape index (κ3) is 3.45. The molecule has 0 bridgehead atoms. The van der Waals surface area contributed by atoms with Gasteiger partial charge in [-0.3, -0.25) is 9.69 Å². The van der Waals surface area contributed by atoms with Crippen LogP contribution in [0.5, 0.6) is 0 Å². The maximum absolute atomic E-state index is 11.9. The normalized spacial score (nSPS) is 22.2. The molecule has 0 unspecified atom stereocenters. The number of rotatable bonds is 5. The van der Waals surface area contributed by atoms with Crippen LogP contribution in [0.25, 0.3) is 11.0 Å². The fourth-order valence-corrected chi connectivity index (χ4v) is 4.40. The van der Waals surface area contributed by atoms with E-state index >= 15 is 0 Å². The summed E-state index contributed by atoms with van der Waals surface area (Å²) in [5.41, 5.74) is 2.26. The lowest BCUT2D eigenvalue weighted by molar-refractivity contribution is -0.127. The molecule has 1 aromatic carbocycles. The summed E-state index contributed by atoms with van der Waals surface area (Å²) in [6, 6.07) is 8.87. The molecule has 4 heteroatoms. The second-order valence-corrected chi connectivity index (χ2v) is 7.54. The molecule has 1 aromatic heterocycles. The Hall–Kier alpha value is -1.81. The molecule has 3 heterocycles. The van der Waals surface area contributed by atoms with Gasteiger partial charge in [-0.2, -0.15) is 0 Å². The molecule has 0 aliphatic carbocycles. The minimum absolute atomic E-state index is 0.343. The van der Waals surface area contributed by atoms with Gasteiger partial charge in [-0.05, 0) is 50.8 Å². The van der Waals surface area contributed by atoms with Crippen molar-refractivity contribution in [2.24, 2.45) is 0 Å². The number of para-hydroxylation sites is 1. The second kappa shape index (κ2) is 7.20. The molecule has 0 saturated carbocycles. The summed E-state index contributed by atoms with van der Waals surface area (Å²) >= 11 is 0. The summed E-state index contributed by atoms with van der Waals surface area (Å²) in [6.45, 7) is 6.06. The predicted octanol–water partition coefficient (Wildman–Crippen LogP) is 4.11. The lowest BCUT2D eigenvalue weighted by atomic mass is 9.98. The van der Waals surface area contributed by atoms with Crippen molar-refractivity contribution >= 4 is 16.9 Å². The molecule has 134 valence electrons. The molecule has 2 saturated heterocycles. The first kappa shape index (κ1) is 16.6. The van der Waals surface area contributed by atoms with Crippen LogP contribution in [0.3, 0.4) is 0 Å². The maximum Gasteiger partial charge on any atom is 0.222 e. The minimum atomic E-state index is 0.343. The third-order valence-electron chi connectivity index (χ3n) is 5.94. The molecular weight excluding hydrogens is 312 g/mol. The average molecular weight is 340 g/mol. The Morgan fingerprint density at radius 3 is 2.84 bits per heavy atom. The van der Waals surface area contributed by atoms with Gasteiger partial charge in [-0.25, -0.2) is 0 Å². The highest BCUT2D eigenvalue weighted by atomic mass is 16.3. The van der Waals surface area contributed by atoms with Gasteiger partial charge in [0, 0.05) is 30.9 Å². The lowest BCUT2D eigenvalue weighted by Gasteiger charge is -2.36. The Balaban J connectivity index is 1.45. The Kier molecular flexibility index (Phi) is 4.80. The number of furan rings is 1. The Labute approximate surface area is 149 Å². The van der Waals surface area contributed by atoms with Gasteiger partial charge in [-0.15, -0.1) is 0 Å². The van der Waals surface area contributed by atoms with Crippen LogP contribution in [-0.2, 0) is 11.3 Å². The smallest absolute Gasteiger partial charge is 0.222 e. The van der Waals surface area contributed by atoms with Crippen LogP contribution in [0.4, 0.5) is 0 Å². The average Bonchev–Trinajstić information content (AvgIpc) is 3.18. The first-order chi connectivity index (χ1) is 12.2. The lowest BCUT2D eigenvalue weighted by Crippen LogP contribution is -2.41. The summed E-state index contributed by atoms with van der Waals surface area (Å²) < 4.78 is 6.14. The number of hydrogen-bond donors (Lipinski definition) is 0. The molecule has 1 atom stereocenters. The van der Waals surface area contributed by atoms with Crippen LogP contribution in [0, 0.1) is 6.92 Å². The zero-order valence-corrected chi connectivity index (χ0v) is 15.2. The molecule has 1 amide bonds. The molecule has 0 spiro atoms. The van der Waals surface area contributed by atoms with Gasteiger partial charge in [-0.1, -0.05) is 24.6 Å². The number of nitrogens with zero attached hydrogens (tertiary/aromatic N) is 2. The topological polar surface area (TPSA) is 36.7 Å². The second-order valence-electron chi connectivity index (χ2n) is 7.54. The zero-order valence-electron chi connectivity index (χ0n) is 15.2. The van der Waals surface area contributed by atoms with E-state index in [1.165, 1.54) is 30.2 Å². The van der Waals surface area contributed by atoms with E-state index in [1.54, 1.807) is 0 Å². The summed E-state index contributed by atoms with van der Waals surface area (Å²) in [7, 11) is 0. The molecule has 0 N–H and O–H groups in total. The minimum Gasteiger partial charge on any atom is -0.459 e. The highest BCUT2D eigenvalue weighted by Gasteiger charge is 2.27. The Morgan fingerprint density at radius 2 is 2.04 bits per heavy atom. The van der Waals surface area contributed by atoms with Crippen LogP contribution < -0.4 is 0 Å². The fourth-order valence-electron chi connectivity index (χ4n) is 4.40. The van der Waals surface area contributed by atoms with Crippen LogP contribution >= 0.6 is 0 Å². The van der Waals surface area contributed by atoms with Gasteiger partial charge in [0.05, 0.1) is 6.54 Å². The number of benzene rings is 1. The van der Waals surface area contributed by atoms with Gasteiger partial charge in [0.25, 0.3) is 0 Å². The molecular formula is C21H28N2O2. The van der Waals surface area contributed by atoms with Gasteiger partial charge < -0.3 is 9.32 Å². The zero-order chi connectivity index (χ0) is 17.2. The number of hydrogen-bond acceptors (Lipinski definition) is 3. The van der Waals surface area contributed by atoms with Gasteiger partial charge in [0.2, 0.25) is 5.91 Å². The quantitative estimate of drug-likeness (QED) is 0.822. The number of amides is 1. The number of aryl methyl sites for hydroxylation is 1. The number of piperidine rings is 1. The summed E-state index contributed by atoms with van der Waals surface area (Å²) in [4.78, 5) is 16.5. The summed E-state index contributed by atoms with van der Waals surface area (Å²) in [5.74, 6) is 1.45. The highest BCUT2D eigenvalue weighted by molar-refractivity contribution is 5.81. The summed E-state index contributed by atoms with van der Waals surface area (Å²) in [5, 5.41) is 1.23. The van der Waals surface area contributed by atoms with Crippen molar-refractivity contribution in [1.29, 1.82) is 0 Å². The number of fused-ring (bicyclic) bond motifs is 1. The molecule has 2 aliphatic heterocycles. The van der Waals surface area contributed by atoms with E-state index in [4.69, 9.17) is 4.42 Å². The molecule has 2 aliphatic rings. The van der Waals surface area contributed by atoms with Crippen molar-refractivity contribution in [3.05, 3.63) is 35.6 Å². The molecule has 0 radical (unpaired) electrons. The SMILES string of the molecule is Cc1c(CN2CCCC[C@@H]2CCN2CCCC2=O)oc2ccccc12. The number of carbonyl (C=O) groups is 1. The largest absolute Gasteiger partial charge is 0.459 e.